The van der Waals surface area contributed by atoms with E-state index in [1.54, 1.807) is 6.92 Å². The monoisotopic (exact) mass is 221 g/mol. The van der Waals surface area contributed by atoms with Crippen LogP contribution in [0.1, 0.15) is 55.4 Å². The van der Waals surface area contributed by atoms with Crippen molar-refractivity contribution in [2.45, 2.75) is 40.0 Å². The average molecular weight is 221 g/mol. The third-order valence-corrected chi connectivity index (χ3v) is 2.44. The smallest absolute Gasteiger partial charge is 0.357 e. The molecule has 1 rings (SSSR count). The maximum absolute atomic E-state index is 11.8. The van der Waals surface area contributed by atoms with Gasteiger partial charge in [-0.1, -0.05) is 26.8 Å². The van der Waals surface area contributed by atoms with E-state index in [0.29, 0.717) is 12.3 Å². The number of rotatable bonds is 4. The van der Waals surface area contributed by atoms with E-state index >= 15 is 0 Å². The molecule has 0 aromatic carbocycles. The van der Waals surface area contributed by atoms with Gasteiger partial charge in [-0.25, -0.2) is 9.78 Å². The number of aromatic nitrogens is 1. The van der Waals surface area contributed by atoms with E-state index in [0.717, 1.165) is 17.7 Å². The zero-order chi connectivity index (χ0) is 12.1. The van der Waals surface area contributed by atoms with Crippen LogP contribution in [0.4, 0.5) is 0 Å². The number of hydrogen-bond donors (Lipinski definition) is 0. The van der Waals surface area contributed by atoms with Gasteiger partial charge in [0.25, 0.3) is 0 Å². The van der Waals surface area contributed by atoms with Crippen LogP contribution in [0.5, 0.6) is 0 Å². The van der Waals surface area contributed by atoms with E-state index in [1.165, 1.54) is 0 Å². The predicted octanol–water partition coefficient (Wildman–Crippen LogP) is 2.94. The van der Waals surface area contributed by atoms with Gasteiger partial charge in [0.1, 0.15) is 0 Å². The van der Waals surface area contributed by atoms with Crippen molar-refractivity contribution in [2.24, 2.45) is 0 Å². The molecular weight excluding hydrogens is 202 g/mol. The number of hydrogen-bond acceptors (Lipinski definition) is 3. The Balaban J connectivity index is 3.14. The molecular formula is C13H19NO2. The fourth-order valence-electron chi connectivity index (χ4n) is 1.54. The molecule has 0 aliphatic heterocycles. The molecule has 0 bridgehead atoms. The summed E-state index contributed by atoms with van der Waals surface area (Å²) in [5, 5.41) is 0. The van der Waals surface area contributed by atoms with Gasteiger partial charge >= 0.3 is 5.97 Å². The summed E-state index contributed by atoms with van der Waals surface area (Å²) >= 11 is 0. The second kappa shape index (κ2) is 5.64. The second-order valence-corrected chi connectivity index (χ2v) is 3.97. The van der Waals surface area contributed by atoms with E-state index in [4.69, 9.17) is 4.74 Å². The molecule has 16 heavy (non-hydrogen) atoms. The highest BCUT2D eigenvalue weighted by atomic mass is 16.5. The lowest BCUT2D eigenvalue weighted by molar-refractivity contribution is 0.0517. The average Bonchev–Trinajstić information content (AvgIpc) is 2.28. The van der Waals surface area contributed by atoms with Crippen molar-refractivity contribution in [3.8, 4) is 0 Å². The normalized spacial score (nSPS) is 10.6. The van der Waals surface area contributed by atoms with Crippen LogP contribution in [0.3, 0.4) is 0 Å². The summed E-state index contributed by atoms with van der Waals surface area (Å²) < 4.78 is 5.02. The first kappa shape index (κ1) is 12.7. The highest BCUT2D eigenvalue weighted by Gasteiger charge is 2.16. The lowest BCUT2D eigenvalue weighted by Crippen LogP contribution is -2.12. The maximum atomic E-state index is 11.8. The quantitative estimate of drug-likeness (QED) is 0.734. The van der Waals surface area contributed by atoms with Crippen LogP contribution in [0, 0.1) is 0 Å². The van der Waals surface area contributed by atoms with E-state index in [2.05, 4.69) is 4.98 Å². The van der Waals surface area contributed by atoms with Gasteiger partial charge in [-0.05, 0) is 30.9 Å². The van der Waals surface area contributed by atoms with Gasteiger partial charge < -0.3 is 4.74 Å². The van der Waals surface area contributed by atoms with Crippen molar-refractivity contribution in [1.29, 1.82) is 0 Å². The topological polar surface area (TPSA) is 39.2 Å². The first-order valence-corrected chi connectivity index (χ1v) is 5.77. The third-order valence-electron chi connectivity index (χ3n) is 2.44. The Hall–Kier alpha value is -1.38. The molecule has 88 valence electrons. The number of pyridine rings is 1. The van der Waals surface area contributed by atoms with Crippen LogP contribution in [-0.4, -0.2) is 17.6 Å². The van der Waals surface area contributed by atoms with Gasteiger partial charge in [0.2, 0.25) is 0 Å². The molecule has 3 heteroatoms. The summed E-state index contributed by atoms with van der Waals surface area (Å²) in [6, 6.07) is 3.95. The minimum absolute atomic E-state index is 0.276. The third kappa shape index (κ3) is 2.81. The van der Waals surface area contributed by atoms with Gasteiger partial charge in [-0.15, -0.1) is 0 Å². The molecule has 0 saturated heterocycles. The van der Waals surface area contributed by atoms with E-state index in [-0.39, 0.29) is 11.9 Å². The predicted molar refractivity (Wildman–Crippen MR) is 63.7 cm³/mol. The van der Waals surface area contributed by atoms with Crippen molar-refractivity contribution in [3.63, 3.8) is 0 Å². The molecule has 1 aromatic rings. The summed E-state index contributed by atoms with van der Waals surface area (Å²) in [5.74, 6) is -0.0423. The molecule has 0 aliphatic carbocycles. The standard InChI is InChI=1S/C13H19NO2/c1-5-10-7-8-11(9(3)4)12(14-10)13(15)16-6-2/h7-9H,5-6H2,1-4H3. The van der Waals surface area contributed by atoms with Gasteiger partial charge in [-0.3, -0.25) is 0 Å². The molecule has 0 N–H and O–H groups in total. The Morgan fingerprint density at radius 2 is 2.06 bits per heavy atom. The largest absolute Gasteiger partial charge is 0.461 e. The van der Waals surface area contributed by atoms with Gasteiger partial charge in [0.15, 0.2) is 5.69 Å². The number of aryl methyl sites for hydroxylation is 1. The van der Waals surface area contributed by atoms with E-state index in [9.17, 15) is 4.79 Å². The van der Waals surface area contributed by atoms with Crippen molar-refractivity contribution in [2.75, 3.05) is 6.61 Å². The van der Waals surface area contributed by atoms with E-state index in [1.807, 2.05) is 32.9 Å². The Labute approximate surface area is 96.8 Å². The van der Waals surface area contributed by atoms with Crippen LogP contribution in [0.2, 0.25) is 0 Å². The lowest BCUT2D eigenvalue weighted by atomic mass is 10.0. The van der Waals surface area contributed by atoms with Gasteiger partial charge in [0, 0.05) is 5.69 Å². The van der Waals surface area contributed by atoms with Crippen LogP contribution in [-0.2, 0) is 11.2 Å². The fourth-order valence-corrected chi connectivity index (χ4v) is 1.54. The van der Waals surface area contributed by atoms with Crippen molar-refractivity contribution >= 4 is 5.97 Å². The van der Waals surface area contributed by atoms with Crippen molar-refractivity contribution in [3.05, 3.63) is 29.1 Å². The second-order valence-electron chi connectivity index (χ2n) is 3.97. The highest BCUT2D eigenvalue weighted by Crippen LogP contribution is 2.19. The SMILES string of the molecule is CCOC(=O)c1nc(CC)ccc1C(C)C. The molecule has 3 nitrogen and oxygen atoms in total. The van der Waals surface area contributed by atoms with Crippen molar-refractivity contribution < 1.29 is 9.53 Å². The number of carbonyl (C=O) groups is 1. The molecule has 0 spiro atoms. The number of esters is 1. The molecule has 0 radical (unpaired) electrons. The summed E-state index contributed by atoms with van der Waals surface area (Å²) in [7, 11) is 0. The minimum Gasteiger partial charge on any atom is -0.461 e. The first-order valence-electron chi connectivity index (χ1n) is 5.77. The van der Waals surface area contributed by atoms with Crippen LogP contribution >= 0.6 is 0 Å². The van der Waals surface area contributed by atoms with Crippen molar-refractivity contribution in [1.82, 2.24) is 4.98 Å². The lowest BCUT2D eigenvalue weighted by Gasteiger charge is -2.12. The zero-order valence-electron chi connectivity index (χ0n) is 10.4. The molecule has 0 saturated carbocycles. The fraction of sp³-hybridized carbons (Fsp3) is 0.538. The van der Waals surface area contributed by atoms with E-state index < -0.39 is 0 Å². The molecule has 0 unspecified atom stereocenters. The zero-order valence-corrected chi connectivity index (χ0v) is 10.4. The molecule has 1 aromatic heterocycles. The van der Waals surface area contributed by atoms with Gasteiger partial charge in [0.05, 0.1) is 6.61 Å². The molecule has 0 fully saturated rings. The summed E-state index contributed by atoms with van der Waals surface area (Å²) in [6.07, 6.45) is 0.824. The maximum Gasteiger partial charge on any atom is 0.357 e. The van der Waals surface area contributed by atoms with Crippen LogP contribution in [0.15, 0.2) is 12.1 Å². The Morgan fingerprint density at radius 1 is 1.38 bits per heavy atom. The van der Waals surface area contributed by atoms with Crippen LogP contribution in [0.25, 0.3) is 0 Å². The van der Waals surface area contributed by atoms with Gasteiger partial charge in [-0.2, -0.15) is 0 Å². The number of nitrogens with zero attached hydrogens (tertiary/aromatic N) is 1. The minimum atomic E-state index is -0.318. The Bertz CT molecular complexity index is 372. The van der Waals surface area contributed by atoms with Crippen LogP contribution < -0.4 is 0 Å². The number of ether oxygens (including phenoxy) is 1. The number of carbonyl (C=O) groups excluding carboxylic acids is 1. The summed E-state index contributed by atoms with van der Waals surface area (Å²) in [4.78, 5) is 16.1. The molecule has 0 atom stereocenters. The molecule has 0 amide bonds. The Kier molecular flexibility index (Phi) is 4.47. The summed E-state index contributed by atoms with van der Waals surface area (Å²) in [6.45, 7) is 8.30. The molecule has 0 aliphatic rings. The Morgan fingerprint density at radius 3 is 2.56 bits per heavy atom. The first-order chi connectivity index (χ1) is 7.60. The molecule has 1 heterocycles. The summed E-state index contributed by atoms with van der Waals surface area (Å²) in [5.41, 5.74) is 2.35. The highest BCUT2D eigenvalue weighted by molar-refractivity contribution is 5.89.